The second-order valence-corrected chi connectivity index (χ2v) is 8.57. The number of benzene rings is 2. The molecule has 1 fully saturated rings. The van der Waals surface area contributed by atoms with E-state index in [1.54, 1.807) is 30.8 Å². The zero-order chi connectivity index (χ0) is 21.0. The highest BCUT2D eigenvalue weighted by Crippen LogP contribution is 2.32. The summed E-state index contributed by atoms with van der Waals surface area (Å²) in [6.45, 7) is 1.64. The van der Waals surface area contributed by atoms with E-state index in [0.717, 1.165) is 9.80 Å². The first-order chi connectivity index (χ1) is 13.8. The van der Waals surface area contributed by atoms with Crippen LogP contribution in [0.2, 0.25) is 10.0 Å². The standard InChI is InChI=1S/C20H19Cl2N3O3S/c1-20(13-7-8-15(21)16(22)11-13)18(27)25(19(28)24-20)12-17(26)23-9-10-29-14-5-3-2-4-6-14/h2-8,11H,9-10,12H2,1H3,(H,23,26)(H,24,28). The molecular weight excluding hydrogens is 433 g/mol. The van der Waals surface area contributed by atoms with Crippen molar-refractivity contribution in [1.29, 1.82) is 0 Å². The number of carbonyl (C=O) groups excluding carboxylic acids is 3. The van der Waals surface area contributed by atoms with Gasteiger partial charge in [-0.15, -0.1) is 11.8 Å². The third-order valence-electron chi connectivity index (χ3n) is 4.51. The van der Waals surface area contributed by atoms with Crippen LogP contribution in [0.3, 0.4) is 0 Å². The number of hydrogen-bond donors (Lipinski definition) is 2. The van der Waals surface area contributed by atoms with Gasteiger partial charge in [0.1, 0.15) is 12.1 Å². The normalized spacial score (nSPS) is 18.7. The Morgan fingerprint density at radius 2 is 1.86 bits per heavy atom. The lowest BCUT2D eigenvalue weighted by Crippen LogP contribution is -2.43. The smallest absolute Gasteiger partial charge is 0.325 e. The SMILES string of the molecule is CC1(c2ccc(Cl)c(Cl)c2)NC(=O)N(CC(=O)NCCSc2ccccc2)C1=O. The molecule has 6 nitrogen and oxygen atoms in total. The van der Waals surface area contributed by atoms with Gasteiger partial charge < -0.3 is 10.6 Å². The predicted octanol–water partition coefficient (Wildman–Crippen LogP) is 3.67. The quantitative estimate of drug-likeness (QED) is 0.382. The molecule has 29 heavy (non-hydrogen) atoms. The van der Waals surface area contributed by atoms with Gasteiger partial charge in [0.05, 0.1) is 10.0 Å². The Hall–Kier alpha value is -2.22. The number of hydrogen-bond acceptors (Lipinski definition) is 4. The molecule has 2 aromatic rings. The second kappa shape index (κ2) is 9.07. The van der Waals surface area contributed by atoms with Gasteiger partial charge in [0, 0.05) is 17.2 Å². The summed E-state index contributed by atoms with van der Waals surface area (Å²) >= 11 is 13.6. The van der Waals surface area contributed by atoms with Crippen LogP contribution in [0.25, 0.3) is 0 Å². The monoisotopic (exact) mass is 451 g/mol. The first-order valence-corrected chi connectivity index (χ1v) is 10.6. The van der Waals surface area contributed by atoms with Gasteiger partial charge in [-0.3, -0.25) is 14.5 Å². The van der Waals surface area contributed by atoms with Crippen molar-refractivity contribution >= 4 is 52.8 Å². The van der Waals surface area contributed by atoms with Gasteiger partial charge in [0.2, 0.25) is 5.91 Å². The highest BCUT2D eigenvalue weighted by molar-refractivity contribution is 7.99. The topological polar surface area (TPSA) is 78.5 Å². The van der Waals surface area contributed by atoms with Gasteiger partial charge in [0.15, 0.2) is 0 Å². The lowest BCUT2D eigenvalue weighted by Gasteiger charge is -2.22. The van der Waals surface area contributed by atoms with Crippen LogP contribution in [0, 0.1) is 0 Å². The van der Waals surface area contributed by atoms with E-state index in [9.17, 15) is 14.4 Å². The molecule has 3 rings (SSSR count). The van der Waals surface area contributed by atoms with Crippen LogP contribution in [0.5, 0.6) is 0 Å². The highest BCUT2D eigenvalue weighted by Gasteiger charge is 2.49. The van der Waals surface area contributed by atoms with E-state index in [4.69, 9.17) is 23.2 Å². The van der Waals surface area contributed by atoms with E-state index in [2.05, 4.69) is 10.6 Å². The predicted molar refractivity (Wildman–Crippen MR) is 114 cm³/mol. The van der Waals surface area contributed by atoms with E-state index in [-0.39, 0.29) is 11.6 Å². The molecule has 0 aromatic heterocycles. The number of urea groups is 1. The molecule has 0 radical (unpaired) electrons. The summed E-state index contributed by atoms with van der Waals surface area (Å²) in [4.78, 5) is 39.4. The molecule has 2 aromatic carbocycles. The van der Waals surface area contributed by atoms with Crippen molar-refractivity contribution in [1.82, 2.24) is 15.5 Å². The number of nitrogens with zero attached hydrogens (tertiary/aromatic N) is 1. The molecule has 1 unspecified atom stereocenters. The van der Waals surface area contributed by atoms with Crippen molar-refractivity contribution in [3.05, 3.63) is 64.1 Å². The third-order valence-corrected chi connectivity index (χ3v) is 6.26. The van der Waals surface area contributed by atoms with Crippen molar-refractivity contribution in [2.75, 3.05) is 18.8 Å². The summed E-state index contributed by atoms with van der Waals surface area (Å²) in [6, 6.07) is 13.9. The van der Waals surface area contributed by atoms with E-state index in [0.29, 0.717) is 22.9 Å². The van der Waals surface area contributed by atoms with Crippen molar-refractivity contribution < 1.29 is 14.4 Å². The van der Waals surface area contributed by atoms with Crippen molar-refractivity contribution in [2.24, 2.45) is 0 Å². The Morgan fingerprint density at radius 1 is 1.14 bits per heavy atom. The molecule has 0 bridgehead atoms. The fourth-order valence-electron chi connectivity index (χ4n) is 2.92. The van der Waals surface area contributed by atoms with Crippen LogP contribution in [0.4, 0.5) is 4.79 Å². The number of imide groups is 1. The number of carbonyl (C=O) groups is 3. The largest absolute Gasteiger partial charge is 0.354 e. The summed E-state index contributed by atoms with van der Waals surface area (Å²) in [7, 11) is 0. The van der Waals surface area contributed by atoms with Gasteiger partial charge in [-0.2, -0.15) is 0 Å². The number of rotatable bonds is 7. The van der Waals surface area contributed by atoms with Crippen LogP contribution in [-0.4, -0.2) is 41.6 Å². The van der Waals surface area contributed by atoms with Gasteiger partial charge in [0.25, 0.3) is 5.91 Å². The van der Waals surface area contributed by atoms with Crippen LogP contribution in [0.1, 0.15) is 12.5 Å². The summed E-state index contributed by atoms with van der Waals surface area (Å²) < 4.78 is 0. The Morgan fingerprint density at radius 3 is 2.55 bits per heavy atom. The highest BCUT2D eigenvalue weighted by atomic mass is 35.5. The summed E-state index contributed by atoms with van der Waals surface area (Å²) in [5.74, 6) is -0.244. The molecular formula is C20H19Cl2N3O3S. The molecule has 1 saturated heterocycles. The Labute approximate surface area is 182 Å². The maximum absolute atomic E-state index is 12.9. The average Bonchev–Trinajstić information content (AvgIpc) is 2.92. The fourth-order valence-corrected chi connectivity index (χ4v) is 4.01. The summed E-state index contributed by atoms with van der Waals surface area (Å²) in [5, 5.41) is 6.00. The Bertz CT molecular complexity index is 942. The third kappa shape index (κ3) is 4.86. The van der Waals surface area contributed by atoms with E-state index in [1.165, 1.54) is 6.07 Å². The average molecular weight is 452 g/mol. The van der Waals surface area contributed by atoms with Crippen LogP contribution in [0.15, 0.2) is 53.4 Å². The van der Waals surface area contributed by atoms with Gasteiger partial charge in [-0.05, 0) is 36.8 Å². The Balaban J connectivity index is 1.56. The lowest BCUT2D eigenvalue weighted by atomic mass is 9.92. The minimum atomic E-state index is -1.31. The molecule has 1 aliphatic heterocycles. The fraction of sp³-hybridized carbons (Fsp3) is 0.250. The maximum atomic E-state index is 12.9. The molecule has 2 N–H and O–H groups in total. The zero-order valence-electron chi connectivity index (χ0n) is 15.6. The van der Waals surface area contributed by atoms with Crippen LogP contribution in [-0.2, 0) is 15.1 Å². The molecule has 0 aliphatic carbocycles. The van der Waals surface area contributed by atoms with Gasteiger partial charge in [-0.1, -0.05) is 47.5 Å². The minimum Gasteiger partial charge on any atom is -0.354 e. The summed E-state index contributed by atoms with van der Waals surface area (Å²) in [6.07, 6.45) is 0. The minimum absolute atomic E-state index is 0.277. The van der Waals surface area contributed by atoms with Crippen LogP contribution < -0.4 is 10.6 Å². The number of halogens is 2. The van der Waals surface area contributed by atoms with Crippen molar-refractivity contribution in [2.45, 2.75) is 17.4 Å². The van der Waals surface area contributed by atoms with Crippen molar-refractivity contribution in [3.63, 3.8) is 0 Å². The molecule has 1 aliphatic rings. The maximum Gasteiger partial charge on any atom is 0.325 e. The molecule has 152 valence electrons. The first kappa shape index (κ1) is 21.5. The molecule has 1 heterocycles. The zero-order valence-corrected chi connectivity index (χ0v) is 17.9. The van der Waals surface area contributed by atoms with E-state index >= 15 is 0 Å². The van der Waals surface area contributed by atoms with Crippen LogP contribution >= 0.6 is 35.0 Å². The Kier molecular flexibility index (Phi) is 6.72. The molecule has 9 heteroatoms. The molecule has 4 amide bonds. The molecule has 0 spiro atoms. The van der Waals surface area contributed by atoms with E-state index < -0.39 is 23.4 Å². The van der Waals surface area contributed by atoms with Crippen molar-refractivity contribution in [3.8, 4) is 0 Å². The molecule has 1 atom stereocenters. The lowest BCUT2D eigenvalue weighted by molar-refractivity contribution is -0.134. The van der Waals surface area contributed by atoms with Gasteiger partial charge >= 0.3 is 6.03 Å². The number of thioether (sulfide) groups is 1. The number of amides is 4. The number of nitrogens with one attached hydrogen (secondary N) is 2. The first-order valence-electron chi connectivity index (χ1n) is 8.85. The van der Waals surface area contributed by atoms with Gasteiger partial charge in [-0.25, -0.2) is 4.79 Å². The summed E-state index contributed by atoms with van der Waals surface area (Å²) in [5.41, 5.74) is -0.818. The molecule has 0 saturated carbocycles. The van der Waals surface area contributed by atoms with E-state index in [1.807, 2.05) is 30.3 Å². The second-order valence-electron chi connectivity index (χ2n) is 6.59.